The Balaban J connectivity index is 1.47. The van der Waals surface area contributed by atoms with Gasteiger partial charge in [0.15, 0.2) is 0 Å². The van der Waals surface area contributed by atoms with Crippen LogP contribution >= 0.6 is 27.5 Å². The van der Waals surface area contributed by atoms with Gasteiger partial charge >= 0.3 is 5.97 Å². The molecule has 2 bridgehead atoms. The maximum Gasteiger partial charge on any atom is 0.313 e. The van der Waals surface area contributed by atoms with Crippen LogP contribution in [0.4, 0.5) is 5.69 Å². The van der Waals surface area contributed by atoms with Crippen LogP contribution < -0.4 is 10.2 Å². The lowest BCUT2D eigenvalue weighted by molar-refractivity contribution is -0.160. The number of halogens is 2. The molecule has 3 aliphatic heterocycles. The summed E-state index contributed by atoms with van der Waals surface area (Å²) in [6.07, 6.45) is 5.60. The van der Waals surface area contributed by atoms with Crippen LogP contribution in [0.5, 0.6) is 0 Å². The van der Waals surface area contributed by atoms with E-state index in [-0.39, 0.29) is 55.2 Å². The van der Waals surface area contributed by atoms with Crippen molar-refractivity contribution in [2.24, 2.45) is 11.8 Å². The van der Waals surface area contributed by atoms with E-state index < -0.39 is 41.7 Å². The Morgan fingerprint density at radius 3 is 2.52 bits per heavy atom. The molecular weight excluding hydrogens is 726 g/mol. The summed E-state index contributed by atoms with van der Waals surface area (Å²) in [6.45, 7) is 8.06. The second-order valence-electron chi connectivity index (χ2n) is 13.0. The molecule has 3 fully saturated rings. The lowest BCUT2D eigenvalue weighted by Crippen LogP contribution is -2.57. The number of benzene rings is 2. The molecule has 0 saturated carbocycles. The van der Waals surface area contributed by atoms with Crippen molar-refractivity contribution in [3.05, 3.63) is 90.5 Å². The number of aliphatic hydroxyl groups excluding tert-OH is 1. The lowest BCUT2D eigenvalue weighted by atomic mass is 9.70. The van der Waals surface area contributed by atoms with Crippen LogP contribution in [0.3, 0.4) is 0 Å². The summed E-state index contributed by atoms with van der Waals surface area (Å²) in [5.41, 5.74) is -0.132. The number of hydrogen-bond acceptors (Lipinski definition) is 7. The average molecular weight is 771 g/mol. The molecule has 3 heterocycles. The first-order valence-corrected chi connectivity index (χ1v) is 18.5. The number of nitrogens with one attached hydrogen (secondary N) is 1. The number of aliphatic hydroxyl groups is 1. The third-order valence-corrected chi connectivity index (χ3v) is 11.0. The predicted octanol–water partition coefficient (Wildman–Crippen LogP) is 5.53. The zero-order valence-corrected chi connectivity index (χ0v) is 30.4. The van der Waals surface area contributed by atoms with E-state index in [1.165, 1.54) is 4.90 Å². The number of para-hydroxylation sites is 1. The minimum absolute atomic E-state index is 0.0426. The smallest absolute Gasteiger partial charge is 0.313 e. The summed E-state index contributed by atoms with van der Waals surface area (Å²) in [4.78, 5) is 59.0. The van der Waals surface area contributed by atoms with E-state index in [1.807, 2.05) is 30.3 Å². The number of nitrogens with zero attached hydrogens (tertiary/aromatic N) is 2. The molecule has 0 aromatic heterocycles. The molecule has 7 atom stereocenters. The summed E-state index contributed by atoms with van der Waals surface area (Å²) in [6, 6.07) is 15.1. The molecule has 3 aliphatic rings. The fourth-order valence-corrected chi connectivity index (χ4v) is 8.74. The predicted molar refractivity (Wildman–Crippen MR) is 195 cm³/mol. The molecule has 0 aliphatic carbocycles. The Morgan fingerprint density at radius 2 is 1.82 bits per heavy atom. The van der Waals surface area contributed by atoms with E-state index in [1.54, 1.807) is 41.3 Å². The zero-order chi connectivity index (χ0) is 35.8. The number of fused-ring (bicyclic) bond motifs is 1. The van der Waals surface area contributed by atoms with Gasteiger partial charge in [0.05, 0.1) is 35.2 Å². The molecule has 2 N–H and O–H groups in total. The van der Waals surface area contributed by atoms with Crippen molar-refractivity contribution in [2.45, 2.75) is 73.6 Å². The molecule has 12 heteroatoms. The van der Waals surface area contributed by atoms with Crippen LogP contribution in [0, 0.1) is 11.8 Å². The molecule has 268 valence electrons. The molecule has 2 aromatic rings. The standard InChI is InChI=1S/C38H45BrClN3O7/c1-3-5-19-30(45)41-24-29(25-15-9-8-10-16-25)49-37(48)31-32-35(46)43(21-13-6-7-14-22-44)34(38(32)23-26(39)33(31)50-38)36(47)42(20-4-2)28-18-12-11-17-27(28)40/h3-4,8-12,15-18,26,29,31-34,44H,1-2,5-7,13-14,19-24H2,(H,41,45)/t26?,29-,31+,32-,33+,34+,38-/m1/s1. The van der Waals surface area contributed by atoms with Crippen LogP contribution in [0.15, 0.2) is 79.9 Å². The minimum Gasteiger partial charge on any atom is -0.455 e. The van der Waals surface area contributed by atoms with Gasteiger partial charge in [0.2, 0.25) is 11.8 Å². The highest BCUT2D eigenvalue weighted by atomic mass is 79.9. The molecule has 0 radical (unpaired) electrons. The van der Waals surface area contributed by atoms with Gasteiger partial charge in [0.25, 0.3) is 5.91 Å². The largest absolute Gasteiger partial charge is 0.455 e. The zero-order valence-electron chi connectivity index (χ0n) is 28.1. The SMILES string of the molecule is C=CCCC(=O)NC[C@@H](OC(=O)[C@@H]1[C@H]2O[C@@]3(CC2Br)[C@H](C(=O)N(CC=C)c2ccccc2Cl)N(CCCCCCO)C(=O)[C@@H]13)c1ccccc1. The second kappa shape index (κ2) is 17.1. The number of hydrogen-bond donors (Lipinski definition) is 2. The first kappa shape index (κ1) is 37.7. The number of allylic oxidation sites excluding steroid dienone is 1. The summed E-state index contributed by atoms with van der Waals surface area (Å²) in [5.74, 6) is -3.49. The number of unbranched alkanes of at least 4 members (excludes halogenated alkanes) is 3. The number of rotatable bonds is 18. The van der Waals surface area contributed by atoms with Crippen molar-refractivity contribution >= 4 is 56.9 Å². The van der Waals surface area contributed by atoms with Gasteiger partial charge in [-0.2, -0.15) is 0 Å². The number of likely N-dealkylation sites (tertiary alicyclic amines) is 1. The van der Waals surface area contributed by atoms with Crippen LogP contribution in [0.2, 0.25) is 5.02 Å². The Bertz CT molecular complexity index is 1560. The van der Waals surface area contributed by atoms with Gasteiger partial charge in [-0.25, -0.2) is 0 Å². The number of esters is 1. The van der Waals surface area contributed by atoms with E-state index in [0.717, 1.165) is 12.8 Å². The quantitative estimate of drug-likeness (QED) is 0.0885. The Labute approximate surface area is 306 Å². The highest BCUT2D eigenvalue weighted by molar-refractivity contribution is 9.09. The van der Waals surface area contributed by atoms with E-state index in [2.05, 4.69) is 34.4 Å². The highest BCUT2D eigenvalue weighted by Gasteiger charge is 2.77. The monoisotopic (exact) mass is 769 g/mol. The fraction of sp³-hybridized carbons (Fsp3) is 0.474. The van der Waals surface area contributed by atoms with Crippen LogP contribution in [-0.4, -0.2) is 82.5 Å². The topological polar surface area (TPSA) is 125 Å². The lowest BCUT2D eigenvalue weighted by Gasteiger charge is -2.37. The summed E-state index contributed by atoms with van der Waals surface area (Å²) < 4.78 is 12.9. The molecule has 3 amide bonds. The number of carbonyl (C=O) groups is 4. The number of alkyl halides is 1. The van der Waals surface area contributed by atoms with Crippen molar-refractivity contribution in [3.63, 3.8) is 0 Å². The van der Waals surface area contributed by atoms with Gasteiger partial charge in [-0.05, 0) is 43.4 Å². The van der Waals surface area contributed by atoms with E-state index in [9.17, 15) is 24.3 Å². The van der Waals surface area contributed by atoms with Gasteiger partial charge in [0, 0.05) is 30.9 Å². The van der Waals surface area contributed by atoms with Gasteiger partial charge in [-0.3, -0.25) is 19.2 Å². The van der Waals surface area contributed by atoms with Gasteiger partial charge < -0.3 is 29.7 Å². The Hall–Kier alpha value is -3.51. The molecular formula is C38H45BrClN3O7. The molecule has 5 rings (SSSR count). The van der Waals surface area contributed by atoms with Crippen LogP contribution in [-0.2, 0) is 28.7 Å². The maximum atomic E-state index is 14.8. The third-order valence-electron chi connectivity index (χ3n) is 9.81. The minimum atomic E-state index is -1.30. The molecule has 10 nitrogen and oxygen atoms in total. The number of anilines is 1. The van der Waals surface area contributed by atoms with Crippen molar-refractivity contribution in [2.75, 3.05) is 31.1 Å². The van der Waals surface area contributed by atoms with Crippen molar-refractivity contribution in [1.29, 1.82) is 0 Å². The molecule has 50 heavy (non-hydrogen) atoms. The molecule has 1 spiro atoms. The fourth-order valence-electron chi connectivity index (χ4n) is 7.56. The van der Waals surface area contributed by atoms with Crippen molar-refractivity contribution in [3.8, 4) is 0 Å². The summed E-state index contributed by atoms with van der Waals surface area (Å²) in [7, 11) is 0. The first-order valence-electron chi connectivity index (χ1n) is 17.2. The number of amides is 3. The number of carbonyl (C=O) groups excluding carboxylic acids is 4. The summed E-state index contributed by atoms with van der Waals surface area (Å²) in [5, 5.41) is 12.5. The van der Waals surface area contributed by atoms with Crippen LogP contribution in [0.25, 0.3) is 0 Å². The molecule has 1 unspecified atom stereocenters. The molecule has 3 saturated heterocycles. The maximum absolute atomic E-state index is 14.8. The second-order valence-corrected chi connectivity index (χ2v) is 14.6. The third kappa shape index (κ3) is 7.71. The Morgan fingerprint density at radius 1 is 1.10 bits per heavy atom. The average Bonchev–Trinajstić information content (AvgIpc) is 3.71. The normalized spacial score (nSPS) is 25.5. The van der Waals surface area contributed by atoms with Gasteiger partial charge in [-0.1, -0.05) is 95.0 Å². The highest BCUT2D eigenvalue weighted by Crippen LogP contribution is 2.60. The van der Waals surface area contributed by atoms with E-state index in [4.69, 9.17) is 21.1 Å². The van der Waals surface area contributed by atoms with E-state index in [0.29, 0.717) is 42.0 Å². The number of ether oxygens (including phenoxy) is 2. The van der Waals surface area contributed by atoms with Gasteiger partial charge in [-0.15, -0.1) is 13.2 Å². The van der Waals surface area contributed by atoms with Crippen LogP contribution in [0.1, 0.15) is 56.6 Å². The van der Waals surface area contributed by atoms with Gasteiger partial charge in [0.1, 0.15) is 17.7 Å². The van der Waals surface area contributed by atoms with Crippen molar-refractivity contribution in [1.82, 2.24) is 10.2 Å². The van der Waals surface area contributed by atoms with E-state index >= 15 is 0 Å². The van der Waals surface area contributed by atoms with Crippen molar-refractivity contribution < 1.29 is 33.8 Å². The first-order chi connectivity index (χ1) is 24.2. The summed E-state index contributed by atoms with van der Waals surface area (Å²) >= 11 is 10.3. The molecule has 2 aromatic carbocycles. The Kier molecular flexibility index (Phi) is 12.9.